The predicted octanol–water partition coefficient (Wildman–Crippen LogP) is 1.70. The topological polar surface area (TPSA) is 78.9 Å². The van der Waals surface area contributed by atoms with Gasteiger partial charge in [0.2, 0.25) is 0 Å². The molecule has 2 aliphatic rings. The lowest BCUT2D eigenvalue weighted by atomic mass is 10.0. The van der Waals surface area contributed by atoms with E-state index < -0.39 is 11.9 Å². The van der Waals surface area contributed by atoms with Crippen molar-refractivity contribution in [3.63, 3.8) is 0 Å². The molecule has 4 unspecified atom stereocenters. The first-order valence-corrected chi connectivity index (χ1v) is 7.90. The molecule has 0 aromatic heterocycles. The summed E-state index contributed by atoms with van der Waals surface area (Å²) in [7, 11) is 0. The molecule has 6 heteroatoms. The van der Waals surface area contributed by atoms with Crippen molar-refractivity contribution >= 4 is 12.0 Å². The molecule has 2 rings (SSSR count). The van der Waals surface area contributed by atoms with Crippen LogP contribution in [0.3, 0.4) is 0 Å². The maximum atomic E-state index is 12.5. The first kappa shape index (κ1) is 16.1. The standard InChI is InChI=1S/C15H26N2O4/c1-3-6-17(13-9-21-8-12(13)14(18)19)15(20)16-11-5-4-10(2)7-11/h10-13H,3-9H2,1-2H3,(H,16,20)(H,18,19). The zero-order chi connectivity index (χ0) is 15.4. The molecule has 2 fully saturated rings. The second-order valence-electron chi connectivity index (χ2n) is 6.31. The normalized spacial score (nSPS) is 32.1. The fourth-order valence-electron chi connectivity index (χ4n) is 3.34. The molecule has 1 aliphatic carbocycles. The maximum absolute atomic E-state index is 12.5. The Hall–Kier alpha value is -1.30. The molecule has 120 valence electrons. The lowest BCUT2D eigenvalue weighted by molar-refractivity contribution is -0.142. The van der Waals surface area contributed by atoms with Crippen molar-refractivity contribution in [1.29, 1.82) is 0 Å². The number of carbonyl (C=O) groups excluding carboxylic acids is 1. The second kappa shape index (κ2) is 7.11. The van der Waals surface area contributed by atoms with E-state index in [0.717, 1.165) is 25.7 Å². The zero-order valence-corrected chi connectivity index (χ0v) is 12.9. The van der Waals surface area contributed by atoms with Crippen LogP contribution in [0.15, 0.2) is 0 Å². The van der Waals surface area contributed by atoms with Gasteiger partial charge in [-0.15, -0.1) is 0 Å². The molecule has 1 saturated heterocycles. The Bertz CT molecular complexity index is 388. The van der Waals surface area contributed by atoms with Crippen LogP contribution in [0.4, 0.5) is 4.79 Å². The molecule has 0 bridgehead atoms. The zero-order valence-electron chi connectivity index (χ0n) is 12.9. The van der Waals surface area contributed by atoms with Crippen molar-refractivity contribution in [2.24, 2.45) is 11.8 Å². The van der Waals surface area contributed by atoms with Gasteiger partial charge in [-0.1, -0.05) is 13.8 Å². The highest BCUT2D eigenvalue weighted by Gasteiger charge is 2.40. The third kappa shape index (κ3) is 3.87. The smallest absolute Gasteiger partial charge is 0.317 e. The van der Waals surface area contributed by atoms with Crippen LogP contribution < -0.4 is 5.32 Å². The van der Waals surface area contributed by atoms with Gasteiger partial charge in [-0.25, -0.2) is 4.79 Å². The molecular weight excluding hydrogens is 272 g/mol. The van der Waals surface area contributed by atoms with Gasteiger partial charge >= 0.3 is 12.0 Å². The minimum absolute atomic E-state index is 0.141. The lowest BCUT2D eigenvalue weighted by Crippen LogP contribution is -2.52. The van der Waals surface area contributed by atoms with E-state index in [9.17, 15) is 14.7 Å². The van der Waals surface area contributed by atoms with E-state index in [1.807, 2.05) is 6.92 Å². The summed E-state index contributed by atoms with van der Waals surface area (Å²) in [5.74, 6) is -0.859. The van der Waals surface area contributed by atoms with Crippen molar-refractivity contribution in [1.82, 2.24) is 10.2 Å². The number of rotatable bonds is 5. The molecule has 1 heterocycles. The van der Waals surface area contributed by atoms with Gasteiger partial charge in [0.25, 0.3) is 0 Å². The average Bonchev–Trinajstić information content (AvgIpc) is 3.05. The van der Waals surface area contributed by atoms with Crippen LogP contribution >= 0.6 is 0 Å². The maximum Gasteiger partial charge on any atom is 0.317 e. The number of amides is 2. The van der Waals surface area contributed by atoms with Gasteiger partial charge in [0, 0.05) is 12.6 Å². The molecule has 21 heavy (non-hydrogen) atoms. The second-order valence-corrected chi connectivity index (χ2v) is 6.31. The minimum atomic E-state index is -0.888. The van der Waals surface area contributed by atoms with Crippen LogP contribution in [0.1, 0.15) is 39.5 Å². The number of urea groups is 1. The van der Waals surface area contributed by atoms with Crippen LogP contribution in [0, 0.1) is 11.8 Å². The van der Waals surface area contributed by atoms with Gasteiger partial charge in [0.05, 0.1) is 19.3 Å². The molecule has 6 nitrogen and oxygen atoms in total. The number of carboxylic acid groups (broad SMARTS) is 1. The summed E-state index contributed by atoms with van der Waals surface area (Å²) in [4.78, 5) is 25.5. The van der Waals surface area contributed by atoms with E-state index in [0.29, 0.717) is 19.1 Å². The van der Waals surface area contributed by atoms with Gasteiger partial charge in [-0.05, 0) is 31.6 Å². The van der Waals surface area contributed by atoms with Gasteiger partial charge in [0.1, 0.15) is 5.92 Å². The summed E-state index contributed by atoms with van der Waals surface area (Å²) in [6, 6.07) is -0.281. The first-order valence-electron chi connectivity index (χ1n) is 7.90. The molecule has 4 atom stereocenters. The van der Waals surface area contributed by atoms with E-state index in [-0.39, 0.29) is 24.7 Å². The van der Waals surface area contributed by atoms with Crippen LogP contribution in [0.2, 0.25) is 0 Å². The van der Waals surface area contributed by atoms with Crippen LogP contribution in [0.25, 0.3) is 0 Å². The largest absolute Gasteiger partial charge is 0.481 e. The van der Waals surface area contributed by atoms with Crippen molar-refractivity contribution < 1.29 is 19.4 Å². The van der Waals surface area contributed by atoms with Crippen LogP contribution in [0.5, 0.6) is 0 Å². The molecular formula is C15H26N2O4. The number of aliphatic carboxylic acids is 1. The molecule has 1 saturated carbocycles. The summed E-state index contributed by atoms with van der Waals surface area (Å²) >= 11 is 0. The van der Waals surface area contributed by atoms with E-state index in [1.54, 1.807) is 4.90 Å². The van der Waals surface area contributed by atoms with Crippen molar-refractivity contribution in [2.75, 3.05) is 19.8 Å². The third-order valence-electron chi connectivity index (χ3n) is 4.52. The molecule has 2 amide bonds. The number of nitrogens with zero attached hydrogens (tertiary/aromatic N) is 1. The van der Waals surface area contributed by atoms with Gasteiger partial charge in [0.15, 0.2) is 0 Å². The number of nitrogens with one attached hydrogen (secondary N) is 1. The van der Waals surface area contributed by atoms with E-state index >= 15 is 0 Å². The highest BCUT2D eigenvalue weighted by molar-refractivity contribution is 5.77. The van der Waals surface area contributed by atoms with Gasteiger partial charge in [-0.2, -0.15) is 0 Å². The number of carboxylic acids is 1. The van der Waals surface area contributed by atoms with E-state index in [2.05, 4.69) is 12.2 Å². The van der Waals surface area contributed by atoms with Crippen LogP contribution in [-0.4, -0.2) is 53.8 Å². The van der Waals surface area contributed by atoms with Gasteiger partial charge in [-0.3, -0.25) is 4.79 Å². The average molecular weight is 298 g/mol. The highest BCUT2D eigenvalue weighted by atomic mass is 16.5. The predicted molar refractivity (Wildman–Crippen MR) is 78.1 cm³/mol. The van der Waals surface area contributed by atoms with Crippen molar-refractivity contribution in [3.8, 4) is 0 Å². The molecule has 0 aromatic rings. The fraction of sp³-hybridized carbons (Fsp3) is 0.867. The Morgan fingerprint density at radius 2 is 2.10 bits per heavy atom. The third-order valence-corrected chi connectivity index (χ3v) is 4.52. The highest BCUT2D eigenvalue weighted by Crippen LogP contribution is 2.26. The van der Waals surface area contributed by atoms with Crippen LogP contribution in [-0.2, 0) is 9.53 Å². The molecule has 2 N–H and O–H groups in total. The number of ether oxygens (including phenoxy) is 1. The SMILES string of the molecule is CCCN(C(=O)NC1CCC(C)C1)C1COCC1C(=O)O. The van der Waals surface area contributed by atoms with E-state index in [1.165, 1.54) is 0 Å². The summed E-state index contributed by atoms with van der Waals surface area (Å²) in [6.07, 6.45) is 3.96. The quantitative estimate of drug-likeness (QED) is 0.809. The van der Waals surface area contributed by atoms with E-state index in [4.69, 9.17) is 4.74 Å². The Kier molecular flexibility index (Phi) is 5.45. The number of hydrogen-bond acceptors (Lipinski definition) is 3. The molecule has 0 aromatic carbocycles. The Labute approximate surface area is 125 Å². The number of carbonyl (C=O) groups is 2. The summed E-state index contributed by atoms with van der Waals surface area (Å²) in [5.41, 5.74) is 0. The lowest BCUT2D eigenvalue weighted by Gasteiger charge is -2.31. The first-order chi connectivity index (χ1) is 10.0. The van der Waals surface area contributed by atoms with Crippen molar-refractivity contribution in [3.05, 3.63) is 0 Å². The Balaban J connectivity index is 2.00. The summed E-state index contributed by atoms with van der Waals surface area (Å²) in [6.45, 7) is 5.25. The fourth-order valence-corrected chi connectivity index (χ4v) is 3.34. The molecule has 0 radical (unpaired) electrons. The number of hydrogen-bond donors (Lipinski definition) is 2. The molecule has 1 aliphatic heterocycles. The molecule has 0 spiro atoms. The van der Waals surface area contributed by atoms with Gasteiger partial charge < -0.3 is 20.1 Å². The summed E-state index contributed by atoms with van der Waals surface area (Å²) in [5, 5.41) is 12.3. The Morgan fingerprint density at radius 1 is 1.33 bits per heavy atom. The monoisotopic (exact) mass is 298 g/mol. The van der Waals surface area contributed by atoms with Crippen molar-refractivity contribution in [2.45, 2.75) is 51.6 Å². The summed E-state index contributed by atoms with van der Waals surface area (Å²) < 4.78 is 5.29. The Morgan fingerprint density at radius 3 is 2.67 bits per heavy atom. The minimum Gasteiger partial charge on any atom is -0.481 e.